The van der Waals surface area contributed by atoms with Crippen molar-refractivity contribution in [1.82, 2.24) is 4.72 Å². The maximum atomic E-state index is 12.6. The third-order valence-electron chi connectivity index (χ3n) is 3.47. The highest BCUT2D eigenvalue weighted by molar-refractivity contribution is 7.89. The Kier molecular flexibility index (Phi) is 5.90. The van der Waals surface area contributed by atoms with Crippen molar-refractivity contribution in [3.63, 3.8) is 0 Å². The fourth-order valence-corrected chi connectivity index (χ4v) is 3.46. The van der Waals surface area contributed by atoms with Gasteiger partial charge in [0, 0.05) is 0 Å². The molecule has 3 nitrogen and oxygen atoms in total. The smallest absolute Gasteiger partial charge is 0.207 e. The fraction of sp³-hybridized carbons (Fsp3) is 0.158. The Morgan fingerprint density at radius 1 is 1.09 bits per heavy atom. The van der Waals surface area contributed by atoms with Gasteiger partial charge in [-0.05, 0) is 31.0 Å². The minimum absolute atomic E-state index is 0.275. The summed E-state index contributed by atoms with van der Waals surface area (Å²) in [6.45, 7) is 5.56. The Bertz CT molecular complexity index is 763. The Labute approximate surface area is 138 Å². The summed E-state index contributed by atoms with van der Waals surface area (Å²) in [4.78, 5) is 0.275. The van der Waals surface area contributed by atoms with Gasteiger partial charge in [0.1, 0.15) is 0 Å². The fourth-order valence-electron chi connectivity index (χ4n) is 2.22. The number of rotatable bonds is 7. The van der Waals surface area contributed by atoms with Gasteiger partial charge in [-0.15, -0.1) is 0 Å². The van der Waals surface area contributed by atoms with Crippen LogP contribution in [0.4, 0.5) is 0 Å². The van der Waals surface area contributed by atoms with E-state index in [1.165, 1.54) is 0 Å². The quantitative estimate of drug-likeness (QED) is 0.777. The third-order valence-corrected chi connectivity index (χ3v) is 4.96. The van der Waals surface area contributed by atoms with Gasteiger partial charge in [-0.2, -0.15) is 0 Å². The molecule has 0 bridgehead atoms. The number of benzene rings is 2. The van der Waals surface area contributed by atoms with Crippen molar-refractivity contribution in [1.29, 1.82) is 0 Å². The lowest BCUT2D eigenvalue weighted by Crippen LogP contribution is -2.28. The van der Waals surface area contributed by atoms with E-state index in [-0.39, 0.29) is 10.9 Å². The molecule has 0 amide bonds. The van der Waals surface area contributed by atoms with Crippen molar-refractivity contribution in [3.8, 4) is 0 Å². The molecule has 2 aromatic rings. The molecule has 1 N–H and O–H groups in total. The van der Waals surface area contributed by atoms with Crippen LogP contribution < -0.4 is 4.72 Å². The first-order valence-corrected chi connectivity index (χ1v) is 8.93. The summed E-state index contributed by atoms with van der Waals surface area (Å²) < 4.78 is 28.0. The summed E-state index contributed by atoms with van der Waals surface area (Å²) in [6, 6.07) is 16.1. The number of sulfonamides is 1. The van der Waals surface area contributed by atoms with Gasteiger partial charge in [-0.3, -0.25) is 0 Å². The van der Waals surface area contributed by atoms with E-state index < -0.39 is 10.0 Å². The van der Waals surface area contributed by atoms with Gasteiger partial charge in [-0.25, -0.2) is 13.1 Å². The minimum atomic E-state index is -3.57. The average molecular weight is 327 g/mol. The predicted octanol–water partition coefficient (Wildman–Crippen LogP) is 4.15. The Morgan fingerprint density at radius 3 is 2.35 bits per heavy atom. The summed E-state index contributed by atoms with van der Waals surface area (Å²) in [5, 5.41) is 0. The van der Waals surface area contributed by atoms with E-state index in [1.54, 1.807) is 30.3 Å². The molecule has 2 rings (SSSR count). The van der Waals surface area contributed by atoms with Crippen LogP contribution in [0.3, 0.4) is 0 Å². The van der Waals surface area contributed by atoms with E-state index >= 15 is 0 Å². The molecule has 0 aromatic heterocycles. The van der Waals surface area contributed by atoms with Crippen molar-refractivity contribution < 1.29 is 8.42 Å². The molecular formula is C19H21NO2S. The van der Waals surface area contributed by atoms with Crippen LogP contribution in [0.2, 0.25) is 0 Å². The standard InChI is InChI=1S/C19H21NO2S/c1-3-4-6-11-19(17-9-7-5-8-10-17)20-23(21,22)18-14-12-16(2)13-15-18/h3-10,12-15,19-20H,1,11H2,2H3/b6-4+. The van der Waals surface area contributed by atoms with Crippen LogP contribution in [-0.4, -0.2) is 8.42 Å². The van der Waals surface area contributed by atoms with E-state index in [9.17, 15) is 8.42 Å². The van der Waals surface area contributed by atoms with Crippen LogP contribution >= 0.6 is 0 Å². The lowest BCUT2D eigenvalue weighted by molar-refractivity contribution is 0.557. The van der Waals surface area contributed by atoms with Crippen LogP contribution in [0.1, 0.15) is 23.6 Å². The maximum absolute atomic E-state index is 12.6. The zero-order valence-electron chi connectivity index (χ0n) is 13.1. The molecule has 0 aliphatic carbocycles. The first kappa shape index (κ1) is 17.2. The molecule has 0 fully saturated rings. The van der Waals surface area contributed by atoms with E-state index in [1.807, 2.05) is 49.4 Å². The molecule has 0 spiro atoms. The topological polar surface area (TPSA) is 46.2 Å². The molecule has 120 valence electrons. The molecular weight excluding hydrogens is 306 g/mol. The first-order chi connectivity index (χ1) is 11.0. The number of allylic oxidation sites excluding steroid dienone is 2. The van der Waals surface area contributed by atoms with Crippen LogP contribution in [0.15, 0.2) is 84.3 Å². The predicted molar refractivity (Wildman–Crippen MR) is 94.6 cm³/mol. The zero-order chi connectivity index (χ0) is 16.7. The molecule has 1 unspecified atom stereocenters. The van der Waals surface area contributed by atoms with Crippen molar-refractivity contribution >= 4 is 10.0 Å². The van der Waals surface area contributed by atoms with Gasteiger partial charge in [-0.1, -0.05) is 72.8 Å². The highest BCUT2D eigenvalue weighted by atomic mass is 32.2. The number of aryl methyl sites for hydroxylation is 1. The molecule has 0 saturated heterocycles. The number of hydrogen-bond donors (Lipinski definition) is 1. The van der Waals surface area contributed by atoms with Crippen LogP contribution in [-0.2, 0) is 10.0 Å². The molecule has 23 heavy (non-hydrogen) atoms. The SMILES string of the molecule is C=C/C=C/CC(NS(=O)(=O)c1ccc(C)cc1)c1ccccc1. The maximum Gasteiger partial charge on any atom is 0.241 e. The Hall–Kier alpha value is -2.17. The van der Waals surface area contributed by atoms with Crippen molar-refractivity contribution in [2.24, 2.45) is 0 Å². The summed E-state index contributed by atoms with van der Waals surface area (Å²) in [7, 11) is -3.57. The van der Waals surface area contributed by atoms with Crippen molar-refractivity contribution in [2.75, 3.05) is 0 Å². The monoisotopic (exact) mass is 327 g/mol. The third kappa shape index (κ3) is 4.91. The number of nitrogens with one attached hydrogen (secondary N) is 1. The second-order valence-electron chi connectivity index (χ2n) is 5.30. The molecule has 0 aliphatic rings. The van der Waals surface area contributed by atoms with Gasteiger partial charge in [0.2, 0.25) is 10.0 Å². The molecule has 2 aromatic carbocycles. The zero-order valence-corrected chi connectivity index (χ0v) is 14.0. The van der Waals surface area contributed by atoms with Gasteiger partial charge in [0.15, 0.2) is 0 Å². The van der Waals surface area contributed by atoms with Crippen LogP contribution in [0.5, 0.6) is 0 Å². The molecule has 0 aliphatic heterocycles. The van der Waals surface area contributed by atoms with E-state index in [2.05, 4.69) is 11.3 Å². The second-order valence-corrected chi connectivity index (χ2v) is 7.01. The average Bonchev–Trinajstić information content (AvgIpc) is 2.55. The van der Waals surface area contributed by atoms with E-state index in [4.69, 9.17) is 0 Å². The lowest BCUT2D eigenvalue weighted by Gasteiger charge is -2.18. The van der Waals surface area contributed by atoms with Crippen molar-refractivity contribution in [3.05, 3.63) is 90.5 Å². The summed E-state index contributed by atoms with van der Waals surface area (Å²) in [6.07, 6.45) is 5.95. The van der Waals surface area contributed by atoms with Gasteiger partial charge < -0.3 is 0 Å². The normalized spacial score (nSPS) is 13.1. The van der Waals surface area contributed by atoms with Gasteiger partial charge in [0.25, 0.3) is 0 Å². The van der Waals surface area contributed by atoms with E-state index in [0.717, 1.165) is 11.1 Å². The first-order valence-electron chi connectivity index (χ1n) is 7.44. The van der Waals surface area contributed by atoms with Crippen LogP contribution in [0.25, 0.3) is 0 Å². The molecule has 0 radical (unpaired) electrons. The number of hydrogen-bond acceptors (Lipinski definition) is 2. The van der Waals surface area contributed by atoms with E-state index in [0.29, 0.717) is 6.42 Å². The largest absolute Gasteiger partial charge is 0.241 e. The Morgan fingerprint density at radius 2 is 1.74 bits per heavy atom. The molecule has 0 saturated carbocycles. The molecule has 1 atom stereocenters. The second kappa shape index (κ2) is 7.90. The highest BCUT2D eigenvalue weighted by Crippen LogP contribution is 2.21. The molecule has 0 heterocycles. The van der Waals surface area contributed by atoms with Crippen molar-refractivity contribution in [2.45, 2.75) is 24.3 Å². The lowest BCUT2D eigenvalue weighted by atomic mass is 10.0. The minimum Gasteiger partial charge on any atom is -0.207 e. The van der Waals surface area contributed by atoms with Gasteiger partial charge in [0.05, 0.1) is 10.9 Å². The summed E-state index contributed by atoms with van der Waals surface area (Å²) in [5.41, 5.74) is 1.95. The Balaban J connectivity index is 2.27. The van der Waals surface area contributed by atoms with Crippen LogP contribution in [0, 0.1) is 6.92 Å². The molecule has 4 heteroatoms. The highest BCUT2D eigenvalue weighted by Gasteiger charge is 2.20. The summed E-state index contributed by atoms with van der Waals surface area (Å²) in [5.74, 6) is 0. The van der Waals surface area contributed by atoms with Gasteiger partial charge >= 0.3 is 0 Å². The summed E-state index contributed by atoms with van der Waals surface area (Å²) >= 11 is 0.